The largest absolute Gasteiger partial charge is 0.496 e. The molecule has 2 rings (SSSR count). The minimum atomic E-state index is 0.365. The molecule has 0 spiro atoms. The highest BCUT2D eigenvalue weighted by molar-refractivity contribution is 6.30. The van der Waals surface area contributed by atoms with Crippen LogP contribution in [0, 0.1) is 0 Å². The quantitative estimate of drug-likeness (QED) is 0.781. The summed E-state index contributed by atoms with van der Waals surface area (Å²) in [7, 11) is 1.57. The van der Waals surface area contributed by atoms with Gasteiger partial charge < -0.3 is 9.47 Å². The van der Waals surface area contributed by atoms with E-state index < -0.39 is 0 Å². The Morgan fingerprint density at radius 3 is 2.53 bits per heavy atom. The van der Waals surface area contributed by atoms with Crippen molar-refractivity contribution < 1.29 is 14.3 Å². The molecule has 0 unspecified atom stereocenters. The first-order chi connectivity index (χ1) is 9.22. The molecule has 0 fully saturated rings. The van der Waals surface area contributed by atoms with E-state index in [1.807, 2.05) is 6.07 Å². The first kappa shape index (κ1) is 13.4. The van der Waals surface area contributed by atoms with E-state index in [9.17, 15) is 4.79 Å². The predicted octanol–water partition coefficient (Wildman–Crippen LogP) is 3.74. The Bertz CT molecular complexity index is 564. The number of rotatable bonds is 5. The highest BCUT2D eigenvalue weighted by Crippen LogP contribution is 2.22. The first-order valence-corrected chi connectivity index (χ1v) is 6.11. The molecule has 2 aromatic carbocycles. The summed E-state index contributed by atoms with van der Waals surface area (Å²) in [5, 5.41) is 0.667. The first-order valence-electron chi connectivity index (χ1n) is 5.73. The lowest BCUT2D eigenvalue weighted by Crippen LogP contribution is -1.99. The third kappa shape index (κ3) is 3.48. The molecule has 0 aliphatic heterocycles. The fourth-order valence-corrected chi connectivity index (χ4v) is 1.77. The molecule has 0 N–H and O–H groups in total. The summed E-state index contributed by atoms with van der Waals surface area (Å²) < 4.78 is 10.9. The summed E-state index contributed by atoms with van der Waals surface area (Å²) in [6.07, 6.45) is 0.784. The summed E-state index contributed by atoms with van der Waals surface area (Å²) in [5.74, 6) is 1.37. The normalized spacial score (nSPS) is 10.0. The van der Waals surface area contributed by atoms with Crippen LogP contribution in [-0.2, 0) is 6.61 Å². The highest BCUT2D eigenvalue weighted by Gasteiger charge is 2.05. The monoisotopic (exact) mass is 276 g/mol. The second kappa shape index (κ2) is 6.25. The summed E-state index contributed by atoms with van der Waals surface area (Å²) in [5.41, 5.74) is 1.45. The molecule has 0 aliphatic rings. The van der Waals surface area contributed by atoms with Crippen LogP contribution in [0.2, 0.25) is 5.02 Å². The molecule has 0 saturated heterocycles. The molecule has 0 aromatic heterocycles. The fraction of sp³-hybridized carbons (Fsp3) is 0.133. The Balaban J connectivity index is 2.10. The van der Waals surface area contributed by atoms with Crippen LogP contribution in [0.4, 0.5) is 0 Å². The van der Waals surface area contributed by atoms with Gasteiger partial charge in [0.05, 0.1) is 7.11 Å². The van der Waals surface area contributed by atoms with Crippen molar-refractivity contribution in [3.8, 4) is 11.5 Å². The van der Waals surface area contributed by atoms with E-state index in [1.165, 1.54) is 0 Å². The molecule has 0 atom stereocenters. The number of halogens is 1. The average Bonchev–Trinajstić information content (AvgIpc) is 2.46. The van der Waals surface area contributed by atoms with Crippen molar-refractivity contribution in [2.24, 2.45) is 0 Å². The van der Waals surface area contributed by atoms with Crippen LogP contribution in [-0.4, -0.2) is 13.4 Å². The van der Waals surface area contributed by atoms with Crippen molar-refractivity contribution >= 4 is 17.9 Å². The van der Waals surface area contributed by atoms with Gasteiger partial charge in [0.25, 0.3) is 0 Å². The minimum Gasteiger partial charge on any atom is -0.496 e. The molecule has 3 nitrogen and oxygen atoms in total. The standard InChI is InChI=1S/C15H13ClO3/c1-18-15-8-11(9-17)2-3-12(15)10-19-14-6-4-13(16)5-7-14/h2-9H,10H2,1H3. The Morgan fingerprint density at radius 2 is 1.89 bits per heavy atom. The fourth-order valence-electron chi connectivity index (χ4n) is 1.65. The Kier molecular flexibility index (Phi) is 4.42. The molecule has 4 heteroatoms. The molecule has 0 amide bonds. The number of methoxy groups -OCH3 is 1. The number of benzene rings is 2. The van der Waals surface area contributed by atoms with Crippen molar-refractivity contribution in [2.45, 2.75) is 6.61 Å². The number of hydrogen-bond donors (Lipinski definition) is 0. The van der Waals surface area contributed by atoms with Gasteiger partial charge in [0.2, 0.25) is 0 Å². The van der Waals surface area contributed by atoms with Gasteiger partial charge in [0, 0.05) is 16.1 Å². The predicted molar refractivity (Wildman–Crippen MR) is 74.2 cm³/mol. The molecule has 0 aliphatic carbocycles. The van der Waals surface area contributed by atoms with Gasteiger partial charge in [0.15, 0.2) is 0 Å². The second-order valence-electron chi connectivity index (χ2n) is 3.93. The number of ether oxygens (including phenoxy) is 2. The van der Waals surface area contributed by atoms with E-state index in [1.54, 1.807) is 43.5 Å². The molecule has 0 bridgehead atoms. The van der Waals surface area contributed by atoms with Gasteiger partial charge >= 0.3 is 0 Å². The summed E-state index contributed by atoms with van der Waals surface area (Å²) in [4.78, 5) is 10.7. The van der Waals surface area contributed by atoms with Crippen LogP contribution >= 0.6 is 11.6 Å². The van der Waals surface area contributed by atoms with Crippen LogP contribution in [0.25, 0.3) is 0 Å². The molecule has 0 saturated carbocycles. The van der Waals surface area contributed by atoms with Gasteiger partial charge in [-0.3, -0.25) is 4.79 Å². The van der Waals surface area contributed by atoms with Crippen LogP contribution in [0.3, 0.4) is 0 Å². The van der Waals surface area contributed by atoms with Gasteiger partial charge in [-0.15, -0.1) is 0 Å². The maximum atomic E-state index is 10.7. The average molecular weight is 277 g/mol. The molecule has 0 radical (unpaired) electrons. The Hall–Kier alpha value is -2.00. The molecule has 2 aromatic rings. The van der Waals surface area contributed by atoms with E-state index in [0.29, 0.717) is 22.9 Å². The van der Waals surface area contributed by atoms with Gasteiger partial charge in [-0.25, -0.2) is 0 Å². The van der Waals surface area contributed by atoms with E-state index >= 15 is 0 Å². The van der Waals surface area contributed by atoms with Gasteiger partial charge in [-0.05, 0) is 30.3 Å². The minimum absolute atomic E-state index is 0.365. The highest BCUT2D eigenvalue weighted by atomic mass is 35.5. The van der Waals surface area contributed by atoms with Crippen molar-refractivity contribution in [1.82, 2.24) is 0 Å². The number of carbonyl (C=O) groups is 1. The van der Waals surface area contributed by atoms with Crippen molar-refractivity contribution in [3.05, 3.63) is 58.6 Å². The summed E-state index contributed by atoms with van der Waals surface area (Å²) in [6, 6.07) is 12.4. The number of aldehydes is 1. The van der Waals surface area contributed by atoms with Crippen LogP contribution in [0.15, 0.2) is 42.5 Å². The zero-order valence-electron chi connectivity index (χ0n) is 10.4. The number of carbonyl (C=O) groups excluding carboxylic acids is 1. The topological polar surface area (TPSA) is 35.5 Å². The third-order valence-electron chi connectivity index (χ3n) is 2.66. The Labute approximate surface area is 116 Å². The Morgan fingerprint density at radius 1 is 1.16 bits per heavy atom. The van der Waals surface area contributed by atoms with Crippen LogP contribution in [0.1, 0.15) is 15.9 Å². The SMILES string of the molecule is COc1cc(C=O)ccc1COc1ccc(Cl)cc1. The number of hydrogen-bond acceptors (Lipinski definition) is 3. The van der Waals surface area contributed by atoms with Crippen molar-refractivity contribution in [2.75, 3.05) is 7.11 Å². The zero-order valence-corrected chi connectivity index (χ0v) is 11.2. The van der Waals surface area contributed by atoms with Gasteiger partial charge in [-0.2, -0.15) is 0 Å². The van der Waals surface area contributed by atoms with E-state index in [0.717, 1.165) is 17.6 Å². The molecule has 19 heavy (non-hydrogen) atoms. The van der Waals surface area contributed by atoms with Crippen molar-refractivity contribution in [1.29, 1.82) is 0 Å². The lowest BCUT2D eigenvalue weighted by Gasteiger charge is -2.10. The zero-order chi connectivity index (χ0) is 13.7. The van der Waals surface area contributed by atoms with E-state index in [2.05, 4.69) is 0 Å². The summed E-state index contributed by atoms with van der Waals surface area (Å²) in [6.45, 7) is 0.365. The lowest BCUT2D eigenvalue weighted by atomic mass is 10.1. The smallest absolute Gasteiger partial charge is 0.150 e. The van der Waals surface area contributed by atoms with E-state index in [4.69, 9.17) is 21.1 Å². The second-order valence-corrected chi connectivity index (χ2v) is 4.37. The maximum absolute atomic E-state index is 10.7. The molecular formula is C15H13ClO3. The third-order valence-corrected chi connectivity index (χ3v) is 2.91. The molecule has 98 valence electrons. The molecular weight excluding hydrogens is 264 g/mol. The van der Waals surface area contributed by atoms with Gasteiger partial charge in [0.1, 0.15) is 24.4 Å². The van der Waals surface area contributed by atoms with Crippen LogP contribution < -0.4 is 9.47 Å². The van der Waals surface area contributed by atoms with Crippen molar-refractivity contribution in [3.63, 3.8) is 0 Å². The molecule has 0 heterocycles. The summed E-state index contributed by atoms with van der Waals surface area (Å²) >= 11 is 5.80. The van der Waals surface area contributed by atoms with E-state index in [-0.39, 0.29) is 0 Å². The van der Waals surface area contributed by atoms with Gasteiger partial charge in [-0.1, -0.05) is 23.7 Å². The lowest BCUT2D eigenvalue weighted by molar-refractivity contribution is 0.112. The maximum Gasteiger partial charge on any atom is 0.150 e. The van der Waals surface area contributed by atoms with Crippen LogP contribution in [0.5, 0.6) is 11.5 Å².